The van der Waals surface area contributed by atoms with E-state index in [0.717, 1.165) is 43.8 Å². The molecule has 2 heterocycles. The van der Waals surface area contributed by atoms with Gasteiger partial charge in [-0.1, -0.05) is 18.2 Å². The van der Waals surface area contributed by atoms with Crippen LogP contribution < -0.4 is 5.73 Å². The van der Waals surface area contributed by atoms with Gasteiger partial charge in [0.25, 0.3) is 5.91 Å². The van der Waals surface area contributed by atoms with Crippen molar-refractivity contribution >= 4 is 16.8 Å². The van der Waals surface area contributed by atoms with Crippen molar-refractivity contribution in [3.8, 4) is 0 Å². The number of hydrogen-bond acceptors (Lipinski definition) is 4. The van der Waals surface area contributed by atoms with Crippen molar-refractivity contribution in [2.24, 2.45) is 5.73 Å². The van der Waals surface area contributed by atoms with Crippen LogP contribution in [-0.2, 0) is 11.3 Å². The van der Waals surface area contributed by atoms with E-state index in [1.807, 2.05) is 18.2 Å². The molecule has 5 heteroatoms. The highest BCUT2D eigenvalue weighted by molar-refractivity contribution is 5.93. The van der Waals surface area contributed by atoms with E-state index < -0.39 is 5.91 Å². The maximum absolute atomic E-state index is 11.2. The van der Waals surface area contributed by atoms with E-state index in [1.165, 1.54) is 5.56 Å². The molecule has 104 valence electrons. The number of ether oxygens (including phenoxy) is 1. The van der Waals surface area contributed by atoms with Crippen LogP contribution in [0.5, 0.6) is 0 Å². The van der Waals surface area contributed by atoms with Gasteiger partial charge in [-0.25, -0.2) is 4.98 Å². The molecule has 0 radical (unpaired) electrons. The molecule has 0 spiro atoms. The molecule has 0 saturated carbocycles. The Morgan fingerprint density at radius 2 is 2.00 bits per heavy atom. The van der Waals surface area contributed by atoms with Crippen LogP contribution in [0, 0.1) is 0 Å². The highest BCUT2D eigenvalue weighted by Gasteiger charge is 2.11. The lowest BCUT2D eigenvalue weighted by Gasteiger charge is -2.26. The second kappa shape index (κ2) is 5.56. The molecule has 1 amide bonds. The number of benzene rings is 1. The molecule has 1 saturated heterocycles. The van der Waals surface area contributed by atoms with Crippen molar-refractivity contribution < 1.29 is 9.53 Å². The summed E-state index contributed by atoms with van der Waals surface area (Å²) in [5.41, 5.74) is 7.58. The molecule has 3 rings (SSSR count). The molecular weight excluding hydrogens is 254 g/mol. The number of nitrogens with two attached hydrogens (primary N) is 1. The van der Waals surface area contributed by atoms with E-state index >= 15 is 0 Å². The third-order valence-corrected chi connectivity index (χ3v) is 3.52. The number of pyridine rings is 1. The molecule has 0 aliphatic carbocycles. The molecule has 1 aliphatic heterocycles. The molecule has 2 aromatic rings. The first kappa shape index (κ1) is 13.0. The highest BCUT2D eigenvalue weighted by Crippen LogP contribution is 2.16. The van der Waals surface area contributed by atoms with Gasteiger partial charge < -0.3 is 10.5 Å². The minimum atomic E-state index is -0.495. The summed E-state index contributed by atoms with van der Waals surface area (Å²) in [6.45, 7) is 4.36. The third-order valence-electron chi connectivity index (χ3n) is 3.52. The van der Waals surface area contributed by atoms with Crippen LogP contribution in [0.3, 0.4) is 0 Å². The Balaban J connectivity index is 1.86. The first-order chi connectivity index (χ1) is 9.72. The molecule has 0 bridgehead atoms. The fourth-order valence-corrected chi connectivity index (χ4v) is 2.42. The van der Waals surface area contributed by atoms with Crippen LogP contribution in [-0.4, -0.2) is 42.1 Å². The number of hydrogen-bond donors (Lipinski definition) is 1. The molecule has 1 aromatic heterocycles. The van der Waals surface area contributed by atoms with Gasteiger partial charge in [-0.05, 0) is 17.7 Å². The number of primary amides is 1. The highest BCUT2D eigenvalue weighted by atomic mass is 16.5. The van der Waals surface area contributed by atoms with Crippen molar-refractivity contribution in [3.05, 3.63) is 41.6 Å². The Kier molecular flexibility index (Phi) is 3.62. The normalized spacial score (nSPS) is 16.4. The quantitative estimate of drug-likeness (QED) is 0.909. The standard InChI is InChI=1S/C15H17N3O2/c16-15(19)13-4-3-12-2-1-11(9-14(12)17-13)10-18-5-7-20-8-6-18/h1-4,9H,5-8,10H2,(H2,16,19). The molecule has 0 atom stereocenters. The number of carbonyl (C=O) groups excluding carboxylic acids is 1. The fraction of sp³-hybridized carbons (Fsp3) is 0.333. The van der Waals surface area contributed by atoms with Gasteiger partial charge in [0.1, 0.15) is 5.69 Å². The van der Waals surface area contributed by atoms with Crippen molar-refractivity contribution in [1.82, 2.24) is 9.88 Å². The largest absolute Gasteiger partial charge is 0.379 e. The Hall–Kier alpha value is -1.98. The minimum absolute atomic E-state index is 0.307. The Morgan fingerprint density at radius 3 is 2.75 bits per heavy atom. The third kappa shape index (κ3) is 2.79. The average Bonchev–Trinajstić information content (AvgIpc) is 2.47. The number of rotatable bonds is 3. The molecule has 0 unspecified atom stereocenters. The smallest absolute Gasteiger partial charge is 0.267 e. The van der Waals surface area contributed by atoms with E-state index in [9.17, 15) is 4.79 Å². The van der Waals surface area contributed by atoms with Gasteiger partial charge in [0.15, 0.2) is 0 Å². The van der Waals surface area contributed by atoms with Gasteiger partial charge >= 0.3 is 0 Å². The van der Waals surface area contributed by atoms with E-state index in [0.29, 0.717) is 5.69 Å². The van der Waals surface area contributed by atoms with Gasteiger partial charge in [0, 0.05) is 25.0 Å². The number of aromatic nitrogens is 1. The zero-order chi connectivity index (χ0) is 13.9. The number of fused-ring (bicyclic) bond motifs is 1. The lowest BCUT2D eigenvalue weighted by Crippen LogP contribution is -2.35. The van der Waals surface area contributed by atoms with Gasteiger partial charge in [-0.2, -0.15) is 0 Å². The van der Waals surface area contributed by atoms with Crippen molar-refractivity contribution in [2.45, 2.75) is 6.54 Å². The summed E-state index contributed by atoms with van der Waals surface area (Å²) in [6, 6.07) is 9.69. The average molecular weight is 271 g/mol. The monoisotopic (exact) mass is 271 g/mol. The molecule has 5 nitrogen and oxygen atoms in total. The Labute approximate surface area is 117 Å². The van der Waals surface area contributed by atoms with Gasteiger partial charge in [-0.3, -0.25) is 9.69 Å². The number of amides is 1. The Bertz CT molecular complexity index is 636. The van der Waals surface area contributed by atoms with Crippen molar-refractivity contribution in [3.63, 3.8) is 0 Å². The summed E-state index contributed by atoms with van der Waals surface area (Å²) in [7, 11) is 0. The second-order valence-electron chi connectivity index (χ2n) is 4.98. The Morgan fingerprint density at radius 1 is 1.25 bits per heavy atom. The van der Waals surface area contributed by atoms with Gasteiger partial charge in [0.2, 0.25) is 0 Å². The fourth-order valence-electron chi connectivity index (χ4n) is 2.42. The molecule has 20 heavy (non-hydrogen) atoms. The number of carbonyl (C=O) groups is 1. The molecule has 1 fully saturated rings. The van der Waals surface area contributed by atoms with Crippen LogP contribution in [0.2, 0.25) is 0 Å². The summed E-state index contributed by atoms with van der Waals surface area (Å²) >= 11 is 0. The zero-order valence-electron chi connectivity index (χ0n) is 11.2. The van der Waals surface area contributed by atoms with Crippen LogP contribution in [0.1, 0.15) is 16.1 Å². The lowest BCUT2D eigenvalue weighted by molar-refractivity contribution is 0.0342. The molecule has 1 aliphatic rings. The topological polar surface area (TPSA) is 68.5 Å². The van der Waals surface area contributed by atoms with Crippen LogP contribution in [0.15, 0.2) is 30.3 Å². The van der Waals surface area contributed by atoms with Gasteiger partial charge in [-0.15, -0.1) is 0 Å². The second-order valence-corrected chi connectivity index (χ2v) is 4.98. The summed E-state index contributed by atoms with van der Waals surface area (Å²) in [6.07, 6.45) is 0. The molecule has 2 N–H and O–H groups in total. The first-order valence-corrected chi connectivity index (χ1v) is 6.72. The maximum Gasteiger partial charge on any atom is 0.267 e. The van der Waals surface area contributed by atoms with E-state index in [-0.39, 0.29) is 0 Å². The van der Waals surface area contributed by atoms with Crippen molar-refractivity contribution in [2.75, 3.05) is 26.3 Å². The van der Waals surface area contributed by atoms with Crippen molar-refractivity contribution in [1.29, 1.82) is 0 Å². The summed E-state index contributed by atoms with van der Waals surface area (Å²) in [5, 5.41) is 1.01. The first-order valence-electron chi connectivity index (χ1n) is 6.72. The van der Waals surface area contributed by atoms with E-state index in [1.54, 1.807) is 6.07 Å². The zero-order valence-corrected chi connectivity index (χ0v) is 11.2. The number of nitrogens with zero attached hydrogens (tertiary/aromatic N) is 2. The summed E-state index contributed by atoms with van der Waals surface area (Å²) < 4.78 is 5.34. The lowest BCUT2D eigenvalue weighted by atomic mass is 10.1. The predicted octanol–water partition coefficient (Wildman–Crippen LogP) is 1.17. The molecule has 1 aromatic carbocycles. The van der Waals surface area contributed by atoms with Gasteiger partial charge in [0.05, 0.1) is 18.7 Å². The number of morpholine rings is 1. The van der Waals surface area contributed by atoms with Crippen LogP contribution >= 0.6 is 0 Å². The van der Waals surface area contributed by atoms with E-state index in [4.69, 9.17) is 10.5 Å². The maximum atomic E-state index is 11.2. The van der Waals surface area contributed by atoms with Crippen LogP contribution in [0.25, 0.3) is 10.9 Å². The SMILES string of the molecule is NC(=O)c1ccc2ccc(CN3CCOCC3)cc2n1. The minimum Gasteiger partial charge on any atom is -0.379 e. The predicted molar refractivity (Wildman–Crippen MR) is 76.4 cm³/mol. The summed E-state index contributed by atoms with van der Waals surface area (Å²) in [4.78, 5) is 17.8. The van der Waals surface area contributed by atoms with E-state index in [2.05, 4.69) is 16.0 Å². The van der Waals surface area contributed by atoms with Crippen LogP contribution in [0.4, 0.5) is 0 Å². The summed E-state index contributed by atoms with van der Waals surface area (Å²) in [5.74, 6) is -0.495. The molecular formula is C15H17N3O2.